The highest BCUT2D eigenvalue weighted by Crippen LogP contribution is 2.26. The Bertz CT molecular complexity index is 1180. The normalized spacial score (nSPS) is 10.5. The molecule has 0 aromatic heterocycles. The molecule has 0 radical (unpaired) electrons. The molecule has 0 aliphatic rings. The van der Waals surface area contributed by atoms with E-state index in [1.54, 1.807) is 60.7 Å². The molecule has 0 fully saturated rings. The van der Waals surface area contributed by atoms with E-state index in [1.807, 2.05) is 12.1 Å². The van der Waals surface area contributed by atoms with Gasteiger partial charge in [0.2, 0.25) is 0 Å². The number of hydrogen-bond donors (Lipinski definition) is 2. The van der Waals surface area contributed by atoms with Gasteiger partial charge in [0.25, 0.3) is 0 Å². The zero-order valence-corrected chi connectivity index (χ0v) is 19.5. The Hall–Kier alpha value is -3.81. The highest BCUT2D eigenvalue weighted by atomic mass is 35.5. The highest BCUT2D eigenvalue weighted by Gasteiger charge is 2.13. The van der Waals surface area contributed by atoms with E-state index in [2.05, 4.69) is 22.4 Å². The van der Waals surface area contributed by atoms with Gasteiger partial charge in [0.15, 0.2) is 0 Å². The van der Waals surface area contributed by atoms with Crippen LogP contribution in [-0.2, 0) is 16.2 Å². The number of rotatable bonds is 9. The number of hydrogen-bond acceptors (Lipinski definition) is 5. The molecule has 0 saturated carbocycles. The summed E-state index contributed by atoms with van der Waals surface area (Å²) in [4.78, 5) is 24.0. The second-order valence-electron chi connectivity index (χ2n) is 6.88. The van der Waals surface area contributed by atoms with Gasteiger partial charge in [-0.2, -0.15) is 5.10 Å². The lowest BCUT2D eigenvalue weighted by molar-refractivity contribution is -0.136. The molecule has 0 bridgehead atoms. The Morgan fingerprint density at radius 3 is 2.35 bits per heavy atom. The topological polar surface area (TPSA) is 89.0 Å². The molecule has 0 saturated heterocycles. The van der Waals surface area contributed by atoms with Crippen LogP contribution in [0.15, 0.2) is 84.5 Å². The summed E-state index contributed by atoms with van der Waals surface area (Å²) in [5, 5.41) is 7.30. The Kier molecular flexibility index (Phi) is 9.08. The standard InChI is InChI=1S/C25H21Cl2N3O4/c1-2-13-33-21-10-8-20(9-11-21)29-24(31)25(32)30-28-15-18-5-12-23(22(27)14-18)34-16-17-3-6-19(26)7-4-17/h2-12,14-15H,1,13,16H2,(H,29,31)(H,30,32)/b28-15-. The van der Waals surface area contributed by atoms with Crippen molar-refractivity contribution in [2.24, 2.45) is 5.10 Å². The van der Waals surface area contributed by atoms with Gasteiger partial charge in [0, 0.05) is 10.7 Å². The number of anilines is 1. The van der Waals surface area contributed by atoms with Gasteiger partial charge in [-0.05, 0) is 65.7 Å². The zero-order valence-electron chi connectivity index (χ0n) is 18.0. The summed E-state index contributed by atoms with van der Waals surface area (Å²) in [6, 6.07) is 18.9. The maximum atomic E-state index is 12.0. The van der Waals surface area contributed by atoms with E-state index >= 15 is 0 Å². The van der Waals surface area contributed by atoms with Gasteiger partial charge < -0.3 is 14.8 Å². The van der Waals surface area contributed by atoms with Crippen LogP contribution < -0.4 is 20.2 Å². The number of benzene rings is 3. The number of carbonyl (C=O) groups excluding carboxylic acids is 2. The number of nitrogens with zero attached hydrogens (tertiary/aromatic N) is 1. The van der Waals surface area contributed by atoms with Crippen LogP contribution in [0.5, 0.6) is 11.5 Å². The minimum absolute atomic E-state index is 0.333. The van der Waals surface area contributed by atoms with Crippen LogP contribution in [-0.4, -0.2) is 24.6 Å². The van der Waals surface area contributed by atoms with Crippen molar-refractivity contribution in [1.82, 2.24) is 5.43 Å². The predicted molar refractivity (Wildman–Crippen MR) is 134 cm³/mol. The smallest absolute Gasteiger partial charge is 0.329 e. The van der Waals surface area contributed by atoms with Crippen molar-refractivity contribution in [2.75, 3.05) is 11.9 Å². The van der Waals surface area contributed by atoms with E-state index in [9.17, 15) is 9.59 Å². The van der Waals surface area contributed by atoms with E-state index in [0.717, 1.165) is 5.56 Å². The molecule has 174 valence electrons. The molecule has 0 atom stereocenters. The van der Waals surface area contributed by atoms with Crippen LogP contribution in [0, 0.1) is 0 Å². The summed E-state index contributed by atoms with van der Waals surface area (Å²) in [6.07, 6.45) is 2.99. The molecule has 2 N–H and O–H groups in total. The molecule has 0 heterocycles. The summed E-state index contributed by atoms with van der Waals surface area (Å²) in [7, 11) is 0. The van der Waals surface area contributed by atoms with E-state index in [4.69, 9.17) is 32.7 Å². The molecule has 2 amide bonds. The molecule has 0 spiro atoms. The fraction of sp³-hybridized carbons (Fsp3) is 0.0800. The molecule has 9 heteroatoms. The lowest BCUT2D eigenvalue weighted by atomic mass is 10.2. The number of nitrogens with one attached hydrogen (secondary N) is 2. The van der Waals surface area contributed by atoms with Crippen molar-refractivity contribution in [3.05, 3.63) is 101 Å². The first-order valence-corrected chi connectivity index (χ1v) is 10.8. The van der Waals surface area contributed by atoms with Crippen LogP contribution in [0.3, 0.4) is 0 Å². The number of halogens is 2. The van der Waals surface area contributed by atoms with Gasteiger partial charge in [-0.15, -0.1) is 0 Å². The van der Waals surface area contributed by atoms with Gasteiger partial charge in [-0.1, -0.05) is 48.0 Å². The molecule has 3 aromatic carbocycles. The lowest BCUT2D eigenvalue weighted by Crippen LogP contribution is -2.32. The van der Waals surface area contributed by atoms with Gasteiger partial charge in [0.1, 0.15) is 24.7 Å². The van der Waals surface area contributed by atoms with Crippen LogP contribution in [0.1, 0.15) is 11.1 Å². The maximum absolute atomic E-state index is 12.0. The summed E-state index contributed by atoms with van der Waals surface area (Å²) in [6.45, 7) is 4.28. The molecule has 3 aromatic rings. The fourth-order valence-electron chi connectivity index (χ4n) is 2.65. The molecule has 34 heavy (non-hydrogen) atoms. The predicted octanol–water partition coefficient (Wildman–Crippen LogP) is 5.23. The molecule has 7 nitrogen and oxygen atoms in total. The summed E-state index contributed by atoms with van der Waals surface area (Å²) < 4.78 is 11.1. The second kappa shape index (κ2) is 12.4. The van der Waals surface area contributed by atoms with E-state index in [1.165, 1.54) is 6.21 Å². The Labute approximate surface area is 207 Å². The minimum atomic E-state index is -0.919. The number of carbonyl (C=O) groups is 2. The maximum Gasteiger partial charge on any atom is 0.329 e. The van der Waals surface area contributed by atoms with Gasteiger partial charge in [0.05, 0.1) is 11.2 Å². The minimum Gasteiger partial charge on any atom is -0.490 e. The molecule has 0 unspecified atom stereocenters. The molecule has 3 rings (SSSR count). The van der Waals surface area contributed by atoms with Gasteiger partial charge in [-0.3, -0.25) is 9.59 Å². The number of amides is 2. The summed E-state index contributed by atoms with van der Waals surface area (Å²) in [5.41, 5.74) is 4.17. The van der Waals surface area contributed by atoms with Crippen molar-refractivity contribution < 1.29 is 19.1 Å². The third-order valence-electron chi connectivity index (χ3n) is 4.33. The monoisotopic (exact) mass is 497 g/mol. The molecule has 0 aliphatic heterocycles. The summed E-state index contributed by atoms with van der Waals surface area (Å²) in [5.74, 6) is -0.664. The average molecular weight is 498 g/mol. The molecular weight excluding hydrogens is 477 g/mol. The molecule has 0 aliphatic carbocycles. The zero-order chi connectivity index (χ0) is 24.3. The first-order valence-electron chi connectivity index (χ1n) is 10.1. The highest BCUT2D eigenvalue weighted by molar-refractivity contribution is 6.39. The van der Waals surface area contributed by atoms with Crippen molar-refractivity contribution in [3.63, 3.8) is 0 Å². The van der Waals surface area contributed by atoms with Crippen LogP contribution in [0.25, 0.3) is 0 Å². The van der Waals surface area contributed by atoms with Crippen molar-refractivity contribution in [2.45, 2.75) is 6.61 Å². The van der Waals surface area contributed by atoms with Gasteiger partial charge in [-0.25, -0.2) is 5.43 Å². The summed E-state index contributed by atoms with van der Waals surface area (Å²) >= 11 is 12.1. The van der Waals surface area contributed by atoms with E-state index < -0.39 is 11.8 Å². The lowest BCUT2D eigenvalue weighted by Gasteiger charge is -2.09. The quantitative estimate of drug-likeness (QED) is 0.183. The van der Waals surface area contributed by atoms with Crippen molar-refractivity contribution in [3.8, 4) is 11.5 Å². The van der Waals surface area contributed by atoms with Crippen LogP contribution >= 0.6 is 23.2 Å². The van der Waals surface area contributed by atoms with Crippen LogP contribution in [0.4, 0.5) is 5.69 Å². The molecular formula is C25H21Cl2N3O4. The fourth-order valence-corrected chi connectivity index (χ4v) is 3.02. The first-order chi connectivity index (χ1) is 16.4. The Morgan fingerprint density at radius 1 is 0.941 bits per heavy atom. The Balaban J connectivity index is 1.48. The van der Waals surface area contributed by atoms with Crippen molar-refractivity contribution in [1.29, 1.82) is 0 Å². The number of ether oxygens (including phenoxy) is 2. The first kappa shape index (κ1) is 24.8. The van der Waals surface area contributed by atoms with Gasteiger partial charge >= 0.3 is 11.8 Å². The second-order valence-corrected chi connectivity index (χ2v) is 7.73. The van der Waals surface area contributed by atoms with Crippen LogP contribution in [0.2, 0.25) is 10.0 Å². The Morgan fingerprint density at radius 2 is 1.68 bits per heavy atom. The van der Waals surface area contributed by atoms with E-state index in [-0.39, 0.29) is 0 Å². The largest absolute Gasteiger partial charge is 0.490 e. The van der Waals surface area contributed by atoms with Crippen molar-refractivity contribution >= 4 is 46.9 Å². The average Bonchev–Trinajstić information content (AvgIpc) is 2.84. The number of hydrazone groups is 1. The third kappa shape index (κ3) is 7.65. The van der Waals surface area contributed by atoms with E-state index in [0.29, 0.717) is 46.0 Å². The SMILES string of the molecule is C=CCOc1ccc(NC(=O)C(=O)N/N=C\c2ccc(OCc3ccc(Cl)cc3)c(Cl)c2)cc1. The third-order valence-corrected chi connectivity index (χ3v) is 4.88.